The van der Waals surface area contributed by atoms with Gasteiger partial charge in [-0.25, -0.2) is 4.79 Å². The third-order valence-corrected chi connectivity index (χ3v) is 4.66. The summed E-state index contributed by atoms with van der Waals surface area (Å²) in [4.78, 5) is 38.0. The number of nitrogens with zero attached hydrogens (tertiary/aromatic N) is 2. The Kier molecular flexibility index (Phi) is 9.22. The van der Waals surface area contributed by atoms with Crippen LogP contribution in [0.4, 0.5) is 18.9 Å². The summed E-state index contributed by atoms with van der Waals surface area (Å²) in [6, 6.07) is 16.2. The van der Waals surface area contributed by atoms with Gasteiger partial charge in [-0.05, 0) is 36.4 Å². The number of anilines is 1. The van der Waals surface area contributed by atoms with E-state index in [1.165, 1.54) is 4.90 Å². The molecule has 178 valence electrons. The van der Waals surface area contributed by atoms with Crippen LogP contribution in [-0.2, 0) is 9.59 Å². The number of hydrogen-bond acceptors (Lipinski definition) is 5. The number of para-hydroxylation sites is 1. The Morgan fingerprint density at radius 3 is 2.06 bits per heavy atom. The van der Waals surface area contributed by atoms with Crippen LogP contribution in [0.15, 0.2) is 54.6 Å². The van der Waals surface area contributed by atoms with Gasteiger partial charge in [0, 0.05) is 37.4 Å². The average Bonchev–Trinajstić information content (AvgIpc) is 2.83. The molecular weight excluding hydrogens is 443 g/mol. The zero-order valence-corrected chi connectivity index (χ0v) is 17.8. The largest absolute Gasteiger partial charge is 0.497 e. The fourth-order valence-corrected chi connectivity index (χ4v) is 2.93. The number of nitrogens with one attached hydrogen (secondary N) is 1. The topological polar surface area (TPSA) is 99.2 Å². The first-order valence-corrected chi connectivity index (χ1v) is 9.93. The molecule has 1 saturated heterocycles. The average molecular weight is 467 g/mol. The summed E-state index contributed by atoms with van der Waals surface area (Å²) in [6.07, 6.45) is -5.08. The van der Waals surface area contributed by atoms with Gasteiger partial charge in [-0.15, -0.1) is 0 Å². The van der Waals surface area contributed by atoms with Crippen molar-refractivity contribution in [3.05, 3.63) is 60.2 Å². The summed E-state index contributed by atoms with van der Waals surface area (Å²) in [5.74, 6) is -2.32. The van der Waals surface area contributed by atoms with Gasteiger partial charge in [-0.1, -0.05) is 18.2 Å². The maximum Gasteiger partial charge on any atom is 0.490 e. The molecule has 2 aromatic rings. The Hall–Kier alpha value is -3.60. The maximum atomic E-state index is 13.1. The van der Waals surface area contributed by atoms with Gasteiger partial charge in [0.1, 0.15) is 12.3 Å². The number of carboxylic acid groups (broad SMARTS) is 1. The van der Waals surface area contributed by atoms with Crippen molar-refractivity contribution < 1.29 is 37.4 Å². The first kappa shape index (κ1) is 25.7. The lowest BCUT2D eigenvalue weighted by atomic mass is 10.1. The Bertz CT molecular complexity index is 931. The van der Waals surface area contributed by atoms with Gasteiger partial charge < -0.3 is 20.1 Å². The van der Waals surface area contributed by atoms with Crippen molar-refractivity contribution in [2.24, 2.45) is 0 Å². The van der Waals surface area contributed by atoms with Gasteiger partial charge in [0.15, 0.2) is 0 Å². The van der Waals surface area contributed by atoms with E-state index < -0.39 is 12.1 Å². The van der Waals surface area contributed by atoms with Crippen LogP contribution in [-0.4, -0.2) is 73.8 Å². The first-order chi connectivity index (χ1) is 15.6. The third kappa shape index (κ3) is 7.79. The Labute approximate surface area is 188 Å². The van der Waals surface area contributed by atoms with Crippen molar-refractivity contribution in [2.75, 3.05) is 44.7 Å². The van der Waals surface area contributed by atoms with E-state index in [0.717, 1.165) is 13.1 Å². The number of alkyl halides is 3. The van der Waals surface area contributed by atoms with Crippen LogP contribution < -0.4 is 15.0 Å². The van der Waals surface area contributed by atoms with Gasteiger partial charge in [0.05, 0.1) is 7.11 Å². The Balaban J connectivity index is 0.000000479. The maximum absolute atomic E-state index is 13.1. The van der Waals surface area contributed by atoms with E-state index in [1.807, 2.05) is 30.3 Å². The minimum Gasteiger partial charge on any atom is -0.497 e. The number of aliphatic carboxylic acids is 1. The van der Waals surface area contributed by atoms with Gasteiger partial charge in [0.25, 0.3) is 5.91 Å². The lowest BCUT2D eigenvalue weighted by molar-refractivity contribution is -0.192. The molecule has 0 unspecified atom stereocenters. The Morgan fingerprint density at radius 1 is 1.03 bits per heavy atom. The highest BCUT2D eigenvalue weighted by Crippen LogP contribution is 2.19. The van der Waals surface area contributed by atoms with Gasteiger partial charge >= 0.3 is 12.1 Å². The van der Waals surface area contributed by atoms with Crippen LogP contribution in [0.3, 0.4) is 0 Å². The summed E-state index contributed by atoms with van der Waals surface area (Å²) in [7, 11) is 1.58. The van der Waals surface area contributed by atoms with Crippen molar-refractivity contribution in [1.29, 1.82) is 0 Å². The zero-order chi connectivity index (χ0) is 24.4. The van der Waals surface area contributed by atoms with E-state index in [-0.39, 0.29) is 18.4 Å². The molecule has 0 aliphatic carbocycles. The molecule has 0 spiro atoms. The molecule has 0 atom stereocenters. The monoisotopic (exact) mass is 467 g/mol. The highest BCUT2D eigenvalue weighted by molar-refractivity contribution is 6.08. The highest BCUT2D eigenvalue weighted by atomic mass is 19.4. The number of carbonyl (C=O) groups is 3. The molecule has 1 aliphatic rings. The standard InChI is InChI=1S/C20H23N3O3.C2HF3O2/c1-26-18-9-7-16(8-10-18)20(25)23(17-5-3-2-4-6-17)15-19(24)22-13-11-21-12-14-22;3-2(4,5)1(6)7/h2-10,21H,11-15H2,1H3;(H,6,7). The van der Waals surface area contributed by atoms with Crippen molar-refractivity contribution in [2.45, 2.75) is 6.18 Å². The number of rotatable bonds is 5. The smallest absolute Gasteiger partial charge is 0.490 e. The van der Waals surface area contributed by atoms with E-state index in [9.17, 15) is 22.8 Å². The quantitative estimate of drug-likeness (QED) is 0.701. The van der Waals surface area contributed by atoms with Crippen LogP contribution in [0.1, 0.15) is 10.4 Å². The minimum atomic E-state index is -5.08. The number of piperazine rings is 1. The van der Waals surface area contributed by atoms with Crippen LogP contribution in [0, 0.1) is 0 Å². The second-order valence-electron chi connectivity index (χ2n) is 6.89. The lowest BCUT2D eigenvalue weighted by Gasteiger charge is -2.30. The van der Waals surface area contributed by atoms with Crippen molar-refractivity contribution in [3.63, 3.8) is 0 Å². The van der Waals surface area contributed by atoms with Crippen molar-refractivity contribution >= 4 is 23.5 Å². The van der Waals surface area contributed by atoms with Crippen LogP contribution >= 0.6 is 0 Å². The highest BCUT2D eigenvalue weighted by Gasteiger charge is 2.38. The summed E-state index contributed by atoms with van der Waals surface area (Å²) in [5, 5.41) is 10.4. The summed E-state index contributed by atoms with van der Waals surface area (Å²) in [5.41, 5.74) is 1.22. The molecule has 1 fully saturated rings. The van der Waals surface area contributed by atoms with E-state index >= 15 is 0 Å². The molecule has 1 heterocycles. The number of benzene rings is 2. The summed E-state index contributed by atoms with van der Waals surface area (Å²) in [6.45, 7) is 2.91. The van der Waals surface area contributed by atoms with E-state index in [4.69, 9.17) is 14.6 Å². The number of carboxylic acids is 1. The fourth-order valence-electron chi connectivity index (χ4n) is 2.93. The predicted molar refractivity (Wildman–Crippen MR) is 114 cm³/mol. The lowest BCUT2D eigenvalue weighted by Crippen LogP contribution is -2.50. The van der Waals surface area contributed by atoms with Crippen LogP contribution in [0.5, 0.6) is 5.75 Å². The SMILES string of the molecule is COc1ccc(C(=O)N(CC(=O)N2CCNCC2)c2ccccc2)cc1.O=C(O)C(F)(F)F. The first-order valence-electron chi connectivity index (χ1n) is 9.93. The second-order valence-corrected chi connectivity index (χ2v) is 6.89. The van der Waals surface area contributed by atoms with E-state index in [0.29, 0.717) is 30.1 Å². The Morgan fingerprint density at radius 2 is 1.58 bits per heavy atom. The molecule has 11 heteroatoms. The molecule has 0 saturated carbocycles. The number of amides is 2. The van der Waals surface area contributed by atoms with Gasteiger partial charge in [-0.2, -0.15) is 13.2 Å². The molecule has 33 heavy (non-hydrogen) atoms. The number of methoxy groups -OCH3 is 1. The molecule has 8 nitrogen and oxygen atoms in total. The van der Waals surface area contributed by atoms with E-state index in [1.54, 1.807) is 36.3 Å². The molecule has 3 rings (SSSR count). The van der Waals surface area contributed by atoms with Gasteiger partial charge in [0.2, 0.25) is 5.91 Å². The zero-order valence-electron chi connectivity index (χ0n) is 17.8. The normalized spacial score (nSPS) is 13.4. The summed E-state index contributed by atoms with van der Waals surface area (Å²) >= 11 is 0. The third-order valence-electron chi connectivity index (χ3n) is 4.66. The van der Waals surface area contributed by atoms with Crippen LogP contribution in [0.25, 0.3) is 0 Å². The van der Waals surface area contributed by atoms with Crippen molar-refractivity contribution in [1.82, 2.24) is 10.2 Å². The van der Waals surface area contributed by atoms with Crippen LogP contribution in [0.2, 0.25) is 0 Å². The predicted octanol–water partition coefficient (Wildman–Crippen LogP) is 2.41. The number of hydrogen-bond donors (Lipinski definition) is 2. The molecule has 2 aromatic carbocycles. The molecule has 0 bridgehead atoms. The number of ether oxygens (including phenoxy) is 1. The minimum absolute atomic E-state index is 0.0227. The summed E-state index contributed by atoms with van der Waals surface area (Å²) < 4.78 is 36.9. The molecule has 2 N–H and O–H groups in total. The number of carbonyl (C=O) groups excluding carboxylic acids is 2. The molecule has 0 radical (unpaired) electrons. The van der Waals surface area contributed by atoms with E-state index in [2.05, 4.69) is 5.32 Å². The van der Waals surface area contributed by atoms with Crippen molar-refractivity contribution in [3.8, 4) is 5.75 Å². The van der Waals surface area contributed by atoms with Gasteiger partial charge in [-0.3, -0.25) is 14.5 Å². The second kappa shape index (κ2) is 11.9. The number of halogens is 3. The molecular formula is C22H24F3N3O5. The molecule has 1 aliphatic heterocycles. The molecule has 0 aromatic heterocycles. The fraction of sp³-hybridized carbons (Fsp3) is 0.318. The molecule has 2 amide bonds.